The first-order chi connectivity index (χ1) is 8.70. The van der Waals surface area contributed by atoms with Crippen LogP contribution in [0.2, 0.25) is 0 Å². The summed E-state index contributed by atoms with van der Waals surface area (Å²) >= 11 is 0. The van der Waals surface area contributed by atoms with Crippen LogP contribution in [0.4, 0.5) is 0 Å². The molecule has 4 nitrogen and oxygen atoms in total. The van der Waals surface area contributed by atoms with Gasteiger partial charge in [0.15, 0.2) is 0 Å². The van der Waals surface area contributed by atoms with E-state index in [1.54, 1.807) is 0 Å². The van der Waals surface area contributed by atoms with Crippen molar-refractivity contribution in [3.8, 4) is 0 Å². The first-order valence-electron chi connectivity index (χ1n) is 7.22. The summed E-state index contributed by atoms with van der Waals surface area (Å²) in [5.74, 6) is 0.505. The Morgan fingerprint density at radius 2 is 1.72 bits per heavy atom. The van der Waals surface area contributed by atoms with E-state index in [-0.39, 0.29) is 18.0 Å². The number of epoxide rings is 2. The molecule has 2 aliphatic carbocycles. The lowest BCUT2D eigenvalue weighted by molar-refractivity contribution is -0.158. The zero-order chi connectivity index (χ0) is 12.3. The van der Waals surface area contributed by atoms with Gasteiger partial charge in [0.1, 0.15) is 6.10 Å². The summed E-state index contributed by atoms with van der Waals surface area (Å²) in [4.78, 5) is 12.2. The summed E-state index contributed by atoms with van der Waals surface area (Å²) < 4.78 is 16.7. The summed E-state index contributed by atoms with van der Waals surface area (Å²) in [5, 5.41) is 0. The molecule has 2 aliphatic heterocycles. The third kappa shape index (κ3) is 1.95. The van der Waals surface area contributed by atoms with Crippen LogP contribution in [-0.4, -0.2) is 36.5 Å². The van der Waals surface area contributed by atoms with E-state index < -0.39 is 0 Å². The normalized spacial score (nSPS) is 53.1. The molecule has 4 fully saturated rings. The van der Waals surface area contributed by atoms with Gasteiger partial charge in [-0.1, -0.05) is 6.92 Å². The van der Waals surface area contributed by atoms with Crippen molar-refractivity contribution in [1.29, 1.82) is 0 Å². The number of carbonyl (C=O) groups is 1. The predicted molar refractivity (Wildman–Crippen MR) is 62.9 cm³/mol. The highest BCUT2D eigenvalue weighted by Crippen LogP contribution is 2.43. The van der Waals surface area contributed by atoms with E-state index in [4.69, 9.17) is 14.2 Å². The highest BCUT2D eigenvalue weighted by molar-refractivity contribution is 5.73. The van der Waals surface area contributed by atoms with Gasteiger partial charge < -0.3 is 14.2 Å². The fraction of sp³-hybridized carbons (Fsp3) is 0.929. The van der Waals surface area contributed by atoms with Crippen molar-refractivity contribution in [2.45, 2.75) is 69.5 Å². The molecule has 4 rings (SSSR count). The zero-order valence-corrected chi connectivity index (χ0v) is 10.7. The van der Waals surface area contributed by atoms with Crippen molar-refractivity contribution in [3.63, 3.8) is 0 Å². The zero-order valence-electron chi connectivity index (χ0n) is 10.7. The SMILES string of the molecule is CC1CC2OC2CC1OC(=O)C1CCC2OC2C1. The van der Waals surface area contributed by atoms with Gasteiger partial charge in [-0.3, -0.25) is 4.79 Å². The molecule has 0 spiro atoms. The molecule has 100 valence electrons. The maximum absolute atomic E-state index is 12.2. The number of ether oxygens (including phenoxy) is 3. The van der Waals surface area contributed by atoms with Gasteiger partial charge >= 0.3 is 5.97 Å². The second kappa shape index (κ2) is 3.94. The van der Waals surface area contributed by atoms with Crippen molar-refractivity contribution in [3.05, 3.63) is 0 Å². The second-order valence-electron chi connectivity index (χ2n) is 6.36. The first-order valence-corrected chi connectivity index (χ1v) is 7.22. The second-order valence-corrected chi connectivity index (χ2v) is 6.36. The standard InChI is InChI=1S/C14H20O4/c1-7-4-11-13(17-11)6-10(7)18-14(15)8-2-3-9-12(5-8)16-9/h7-13H,2-6H2,1H3. The number of carbonyl (C=O) groups excluding carboxylic acids is 1. The van der Waals surface area contributed by atoms with E-state index in [1.807, 2.05) is 0 Å². The van der Waals surface area contributed by atoms with Crippen molar-refractivity contribution < 1.29 is 19.0 Å². The minimum Gasteiger partial charge on any atom is -0.462 e. The smallest absolute Gasteiger partial charge is 0.309 e. The molecule has 0 aromatic carbocycles. The van der Waals surface area contributed by atoms with Crippen LogP contribution in [0.5, 0.6) is 0 Å². The molecule has 0 N–H and O–H groups in total. The average Bonchev–Trinajstić information content (AvgIpc) is 3.21. The third-order valence-corrected chi connectivity index (χ3v) is 5.00. The summed E-state index contributed by atoms with van der Waals surface area (Å²) in [6.45, 7) is 2.16. The Morgan fingerprint density at radius 1 is 1.00 bits per heavy atom. The van der Waals surface area contributed by atoms with Crippen LogP contribution in [-0.2, 0) is 19.0 Å². The predicted octanol–water partition coefficient (Wildman–Crippen LogP) is 1.66. The Morgan fingerprint density at radius 3 is 2.56 bits per heavy atom. The van der Waals surface area contributed by atoms with E-state index >= 15 is 0 Å². The fourth-order valence-corrected chi connectivity index (χ4v) is 3.60. The lowest BCUT2D eigenvalue weighted by Crippen LogP contribution is -2.35. The molecule has 4 heteroatoms. The van der Waals surface area contributed by atoms with Crippen molar-refractivity contribution in [1.82, 2.24) is 0 Å². The molecule has 7 unspecified atom stereocenters. The van der Waals surface area contributed by atoms with Crippen LogP contribution in [0.3, 0.4) is 0 Å². The third-order valence-electron chi connectivity index (χ3n) is 5.00. The summed E-state index contributed by atoms with van der Waals surface area (Å²) in [7, 11) is 0. The van der Waals surface area contributed by atoms with Crippen molar-refractivity contribution in [2.75, 3.05) is 0 Å². The van der Waals surface area contributed by atoms with Crippen LogP contribution in [0, 0.1) is 11.8 Å². The Labute approximate surface area is 107 Å². The van der Waals surface area contributed by atoms with Gasteiger partial charge in [-0.2, -0.15) is 0 Å². The first kappa shape index (κ1) is 11.2. The highest BCUT2D eigenvalue weighted by Gasteiger charge is 2.50. The Balaban J connectivity index is 1.34. The maximum atomic E-state index is 12.2. The van der Waals surface area contributed by atoms with Crippen molar-refractivity contribution >= 4 is 5.97 Å². The molecular formula is C14H20O4. The molecule has 0 aromatic rings. The summed E-state index contributed by atoms with van der Waals surface area (Å²) in [6, 6.07) is 0. The number of esters is 1. The molecule has 0 radical (unpaired) electrons. The topological polar surface area (TPSA) is 51.4 Å². The van der Waals surface area contributed by atoms with E-state index in [0.717, 1.165) is 32.1 Å². The minimum atomic E-state index is -0.0000926. The van der Waals surface area contributed by atoms with Crippen LogP contribution < -0.4 is 0 Å². The number of hydrogen-bond acceptors (Lipinski definition) is 4. The Kier molecular flexibility index (Phi) is 2.46. The number of hydrogen-bond donors (Lipinski definition) is 0. The molecule has 2 heterocycles. The van der Waals surface area contributed by atoms with E-state index in [2.05, 4.69) is 6.92 Å². The molecule has 7 atom stereocenters. The largest absolute Gasteiger partial charge is 0.462 e. The van der Waals surface area contributed by atoms with E-state index in [9.17, 15) is 4.79 Å². The highest BCUT2D eigenvalue weighted by atomic mass is 16.6. The maximum Gasteiger partial charge on any atom is 0.309 e. The molecule has 2 saturated heterocycles. The van der Waals surface area contributed by atoms with Crippen LogP contribution in [0.1, 0.15) is 39.0 Å². The van der Waals surface area contributed by atoms with E-state index in [1.165, 1.54) is 0 Å². The molecular weight excluding hydrogens is 232 g/mol. The fourth-order valence-electron chi connectivity index (χ4n) is 3.60. The monoisotopic (exact) mass is 252 g/mol. The lowest BCUT2D eigenvalue weighted by atomic mass is 9.87. The Bertz CT molecular complexity index is 369. The lowest BCUT2D eigenvalue weighted by Gasteiger charge is -2.28. The molecule has 4 aliphatic rings. The number of fused-ring (bicyclic) bond motifs is 2. The minimum absolute atomic E-state index is 0.0000926. The average molecular weight is 252 g/mol. The van der Waals surface area contributed by atoms with Crippen LogP contribution in [0.25, 0.3) is 0 Å². The summed E-state index contributed by atoms with van der Waals surface area (Å²) in [5.41, 5.74) is 0. The van der Waals surface area contributed by atoms with E-state index in [0.29, 0.717) is 30.3 Å². The van der Waals surface area contributed by atoms with Gasteiger partial charge in [0.25, 0.3) is 0 Å². The number of rotatable bonds is 2. The van der Waals surface area contributed by atoms with Gasteiger partial charge in [-0.25, -0.2) is 0 Å². The summed E-state index contributed by atoms with van der Waals surface area (Å²) in [6.07, 6.45) is 6.44. The van der Waals surface area contributed by atoms with Gasteiger partial charge in [0.05, 0.1) is 30.3 Å². The Hall–Kier alpha value is -0.610. The van der Waals surface area contributed by atoms with Gasteiger partial charge in [-0.15, -0.1) is 0 Å². The molecule has 2 saturated carbocycles. The van der Waals surface area contributed by atoms with Crippen LogP contribution in [0.15, 0.2) is 0 Å². The molecule has 18 heavy (non-hydrogen) atoms. The molecule has 0 bridgehead atoms. The van der Waals surface area contributed by atoms with Gasteiger partial charge in [0.2, 0.25) is 0 Å². The van der Waals surface area contributed by atoms with Gasteiger partial charge in [-0.05, 0) is 31.6 Å². The van der Waals surface area contributed by atoms with Crippen LogP contribution >= 0.6 is 0 Å². The molecule has 0 amide bonds. The van der Waals surface area contributed by atoms with Crippen molar-refractivity contribution in [2.24, 2.45) is 11.8 Å². The van der Waals surface area contributed by atoms with Gasteiger partial charge in [0, 0.05) is 6.42 Å². The quantitative estimate of drug-likeness (QED) is 0.554. The molecule has 0 aromatic heterocycles.